The number of anilines is 1. The molecule has 0 saturated heterocycles. The molecule has 8 heteroatoms. The van der Waals surface area contributed by atoms with Crippen LogP contribution in [0.25, 0.3) is 5.70 Å². The molecule has 0 aliphatic carbocycles. The fourth-order valence-electron chi connectivity index (χ4n) is 4.84. The van der Waals surface area contributed by atoms with Crippen molar-refractivity contribution >= 4 is 11.6 Å². The molecule has 0 saturated carbocycles. The third kappa shape index (κ3) is 3.37. The lowest BCUT2D eigenvalue weighted by atomic mass is 9.84. The normalized spacial score (nSPS) is 17.9. The molecule has 35 heavy (non-hydrogen) atoms. The van der Waals surface area contributed by atoms with Crippen LogP contribution in [0.5, 0.6) is 23.0 Å². The van der Waals surface area contributed by atoms with Crippen molar-refractivity contribution in [3.8, 4) is 23.0 Å². The van der Waals surface area contributed by atoms with Crippen LogP contribution < -0.4 is 24.3 Å². The van der Waals surface area contributed by atoms with Gasteiger partial charge in [-0.25, -0.2) is 4.68 Å². The van der Waals surface area contributed by atoms with Crippen LogP contribution in [0.3, 0.4) is 0 Å². The Morgan fingerprint density at radius 3 is 2.54 bits per heavy atom. The number of methoxy groups -OCH3 is 3. The van der Waals surface area contributed by atoms with Crippen molar-refractivity contribution in [1.82, 2.24) is 14.8 Å². The van der Waals surface area contributed by atoms with E-state index >= 15 is 0 Å². The number of nitrogens with one attached hydrogen (secondary N) is 1. The van der Waals surface area contributed by atoms with E-state index in [0.717, 1.165) is 39.5 Å². The third-order valence-electron chi connectivity index (χ3n) is 6.44. The predicted molar refractivity (Wildman–Crippen MR) is 131 cm³/mol. The van der Waals surface area contributed by atoms with Gasteiger partial charge in [0.2, 0.25) is 5.95 Å². The van der Waals surface area contributed by atoms with Crippen LogP contribution in [0.2, 0.25) is 0 Å². The number of aromatic nitrogens is 3. The number of hydrogen-bond donors (Lipinski definition) is 1. The van der Waals surface area contributed by atoms with Crippen LogP contribution in [0, 0.1) is 0 Å². The van der Waals surface area contributed by atoms with E-state index in [2.05, 4.69) is 21.5 Å². The second-order valence-electron chi connectivity index (χ2n) is 8.27. The standard InChI is InChI=1S/C27H24N4O4/c1-32-18-8-6-7-17(13-18)26-23-24(19-9-4-5-10-20(19)35-26)30-27-28-15-29-31(27)25(23)16-11-12-21(33-2)22(14-16)34-3/h4-15,25-26H,1-3H3,(H,28,29,30)/t25-,26-/m0/s1. The van der Waals surface area contributed by atoms with Crippen LogP contribution in [0.1, 0.15) is 28.8 Å². The molecule has 2 aliphatic rings. The van der Waals surface area contributed by atoms with E-state index in [-0.39, 0.29) is 6.04 Å². The first-order valence-electron chi connectivity index (χ1n) is 11.2. The zero-order valence-corrected chi connectivity index (χ0v) is 19.6. The molecule has 0 radical (unpaired) electrons. The molecule has 0 spiro atoms. The number of rotatable bonds is 5. The Hall–Kier alpha value is -4.46. The van der Waals surface area contributed by atoms with Crippen molar-refractivity contribution in [2.24, 2.45) is 0 Å². The summed E-state index contributed by atoms with van der Waals surface area (Å²) in [7, 11) is 4.93. The molecular formula is C27H24N4O4. The molecule has 1 N–H and O–H groups in total. The molecule has 3 aromatic carbocycles. The Kier molecular flexibility index (Phi) is 5.06. The first-order chi connectivity index (χ1) is 17.2. The van der Waals surface area contributed by atoms with Crippen LogP contribution in [-0.4, -0.2) is 36.1 Å². The van der Waals surface area contributed by atoms with Crippen molar-refractivity contribution in [3.05, 3.63) is 95.3 Å². The van der Waals surface area contributed by atoms with E-state index in [9.17, 15) is 0 Å². The van der Waals surface area contributed by atoms with Crippen molar-refractivity contribution in [3.63, 3.8) is 0 Å². The van der Waals surface area contributed by atoms with Crippen LogP contribution in [-0.2, 0) is 0 Å². The Bertz CT molecular complexity index is 1440. The minimum Gasteiger partial charge on any atom is -0.497 e. The quantitative estimate of drug-likeness (QED) is 0.448. The molecule has 6 rings (SSSR count). The van der Waals surface area contributed by atoms with Crippen molar-refractivity contribution in [2.45, 2.75) is 12.1 Å². The summed E-state index contributed by atoms with van der Waals surface area (Å²) < 4.78 is 25.2. The van der Waals surface area contributed by atoms with Gasteiger partial charge in [-0.15, -0.1) is 0 Å². The number of para-hydroxylation sites is 1. The van der Waals surface area contributed by atoms with Crippen molar-refractivity contribution in [1.29, 1.82) is 0 Å². The maximum atomic E-state index is 6.66. The fraction of sp³-hybridized carbons (Fsp3) is 0.185. The molecule has 2 atom stereocenters. The lowest BCUT2D eigenvalue weighted by Gasteiger charge is -2.39. The molecule has 0 fully saturated rings. The lowest BCUT2D eigenvalue weighted by Crippen LogP contribution is -2.32. The van der Waals surface area contributed by atoms with E-state index in [1.807, 2.05) is 65.3 Å². The monoisotopic (exact) mass is 468 g/mol. The van der Waals surface area contributed by atoms with E-state index in [0.29, 0.717) is 17.4 Å². The summed E-state index contributed by atoms with van der Waals surface area (Å²) in [5.74, 6) is 3.52. The van der Waals surface area contributed by atoms with Crippen molar-refractivity contribution < 1.29 is 18.9 Å². The summed E-state index contributed by atoms with van der Waals surface area (Å²) in [5, 5.41) is 8.09. The van der Waals surface area contributed by atoms with Gasteiger partial charge in [0.15, 0.2) is 11.5 Å². The van der Waals surface area contributed by atoms with Gasteiger partial charge in [-0.3, -0.25) is 0 Å². The Balaban J connectivity index is 1.61. The third-order valence-corrected chi connectivity index (χ3v) is 6.44. The number of nitrogens with zero attached hydrogens (tertiary/aromatic N) is 3. The molecular weight excluding hydrogens is 444 g/mol. The van der Waals surface area contributed by atoms with E-state index < -0.39 is 6.10 Å². The highest BCUT2D eigenvalue weighted by molar-refractivity contribution is 5.85. The van der Waals surface area contributed by atoms with Crippen molar-refractivity contribution in [2.75, 3.05) is 26.6 Å². The minimum atomic E-state index is -0.391. The molecule has 8 nitrogen and oxygen atoms in total. The molecule has 0 bridgehead atoms. The van der Waals surface area contributed by atoms with E-state index in [1.165, 1.54) is 0 Å². The largest absolute Gasteiger partial charge is 0.497 e. The Morgan fingerprint density at radius 2 is 1.71 bits per heavy atom. The SMILES string of the molecule is COc1cccc([C@@H]2Oc3ccccc3C3=C2[C@H](c2ccc(OC)c(OC)c2)n2ncnc2N3)c1. The molecule has 176 valence electrons. The lowest BCUT2D eigenvalue weighted by molar-refractivity contribution is 0.222. The highest BCUT2D eigenvalue weighted by Gasteiger charge is 2.41. The molecule has 1 aromatic heterocycles. The molecule has 0 amide bonds. The molecule has 0 unspecified atom stereocenters. The number of hydrogen-bond acceptors (Lipinski definition) is 7. The van der Waals surface area contributed by atoms with E-state index in [4.69, 9.17) is 18.9 Å². The van der Waals surface area contributed by atoms with Gasteiger partial charge < -0.3 is 24.3 Å². The highest BCUT2D eigenvalue weighted by Crippen LogP contribution is 2.51. The Labute approximate surface area is 202 Å². The summed E-state index contributed by atoms with van der Waals surface area (Å²) in [6.07, 6.45) is 1.17. The average molecular weight is 469 g/mol. The zero-order chi connectivity index (χ0) is 23.9. The maximum absolute atomic E-state index is 6.66. The average Bonchev–Trinajstić information content (AvgIpc) is 3.39. The zero-order valence-electron chi connectivity index (χ0n) is 19.6. The highest BCUT2D eigenvalue weighted by atomic mass is 16.5. The van der Waals surface area contributed by atoms with E-state index in [1.54, 1.807) is 27.7 Å². The number of benzene rings is 3. The maximum Gasteiger partial charge on any atom is 0.226 e. The summed E-state index contributed by atoms with van der Waals surface area (Å²) in [4.78, 5) is 4.49. The van der Waals surface area contributed by atoms with Gasteiger partial charge in [-0.05, 0) is 42.0 Å². The summed E-state index contributed by atoms with van der Waals surface area (Å²) >= 11 is 0. The summed E-state index contributed by atoms with van der Waals surface area (Å²) in [6, 6.07) is 21.6. The van der Waals surface area contributed by atoms with Crippen LogP contribution in [0.15, 0.2) is 78.6 Å². The summed E-state index contributed by atoms with van der Waals surface area (Å²) in [5.41, 5.74) is 4.89. The number of ether oxygens (including phenoxy) is 4. The molecule has 2 aliphatic heterocycles. The summed E-state index contributed by atoms with van der Waals surface area (Å²) in [6.45, 7) is 0. The molecule has 4 aromatic rings. The topological polar surface area (TPSA) is 79.7 Å². The van der Waals surface area contributed by atoms with Gasteiger partial charge in [-0.2, -0.15) is 10.1 Å². The predicted octanol–water partition coefficient (Wildman–Crippen LogP) is 4.86. The Morgan fingerprint density at radius 1 is 0.857 bits per heavy atom. The van der Waals surface area contributed by atoms with Gasteiger partial charge in [0.1, 0.15) is 30.0 Å². The van der Waals surface area contributed by atoms with Gasteiger partial charge >= 0.3 is 0 Å². The smallest absolute Gasteiger partial charge is 0.226 e. The van der Waals surface area contributed by atoms with Gasteiger partial charge in [-0.1, -0.05) is 30.3 Å². The van der Waals surface area contributed by atoms with Gasteiger partial charge in [0.05, 0.1) is 27.0 Å². The van der Waals surface area contributed by atoms with Crippen LogP contribution >= 0.6 is 0 Å². The first-order valence-corrected chi connectivity index (χ1v) is 11.2. The second-order valence-corrected chi connectivity index (χ2v) is 8.27. The van der Waals surface area contributed by atoms with Gasteiger partial charge in [0.25, 0.3) is 0 Å². The number of fused-ring (bicyclic) bond motifs is 3. The minimum absolute atomic E-state index is 0.298. The molecule has 3 heterocycles. The second kappa shape index (κ2) is 8.39. The van der Waals surface area contributed by atoms with Crippen LogP contribution in [0.4, 0.5) is 5.95 Å². The fourth-order valence-corrected chi connectivity index (χ4v) is 4.84. The van der Waals surface area contributed by atoms with Gasteiger partial charge in [0, 0.05) is 16.7 Å². The first kappa shape index (κ1) is 21.1.